The van der Waals surface area contributed by atoms with Gasteiger partial charge >= 0.3 is 14.5 Å². The predicted molar refractivity (Wildman–Crippen MR) is 153 cm³/mol. The van der Waals surface area contributed by atoms with Crippen LogP contribution in [0.15, 0.2) is 59.5 Å². The van der Waals surface area contributed by atoms with Crippen LogP contribution < -0.4 is 0 Å². The molecule has 0 radical (unpaired) electrons. The first-order valence-corrected chi connectivity index (χ1v) is 16.3. The molecule has 0 N–H and O–H groups in total. The number of imide groups is 1. The third-order valence-corrected chi connectivity index (χ3v) is 14.1. The third-order valence-electron chi connectivity index (χ3n) is 7.76. The lowest BCUT2D eigenvalue weighted by atomic mass is 9.96. The molecular formula is C30H37NO7SSi. The fourth-order valence-corrected chi connectivity index (χ4v) is 12.5. The third kappa shape index (κ3) is 4.83. The van der Waals surface area contributed by atoms with Gasteiger partial charge in [-0.15, -0.1) is 0 Å². The molecule has 2 aromatic carbocycles. The molecule has 0 spiro atoms. The van der Waals surface area contributed by atoms with Gasteiger partial charge in [0.15, 0.2) is 6.10 Å². The molecule has 3 heterocycles. The monoisotopic (exact) mass is 583 g/mol. The van der Waals surface area contributed by atoms with Crippen molar-refractivity contribution in [2.24, 2.45) is 0 Å². The van der Waals surface area contributed by atoms with Crippen LogP contribution in [0.25, 0.3) is 0 Å². The number of esters is 1. The topological polar surface area (TPSA) is 91.4 Å². The summed E-state index contributed by atoms with van der Waals surface area (Å²) in [6.07, 6.45) is -2.26. The van der Waals surface area contributed by atoms with E-state index in [1.807, 2.05) is 30.3 Å². The van der Waals surface area contributed by atoms with Crippen LogP contribution in [-0.2, 0) is 23.1 Å². The van der Waals surface area contributed by atoms with Crippen molar-refractivity contribution in [1.29, 1.82) is 0 Å². The normalized spacial score (nSPS) is 28.2. The molecule has 2 amide bonds. The SMILES string of the molecule is CC(=O)O[C@H]1[C@H]2O[Si](C(C)(C)C)(C(C)(C)C)OC[C@H]2O[C@@H](Sc2ccccc2)[C@@H]1N1C(=O)c2ccccc2C1=O. The Morgan fingerprint density at radius 2 is 1.48 bits per heavy atom. The first-order chi connectivity index (χ1) is 18.7. The van der Waals surface area contributed by atoms with E-state index >= 15 is 0 Å². The molecule has 10 heteroatoms. The van der Waals surface area contributed by atoms with Crippen LogP contribution in [0.5, 0.6) is 0 Å². The van der Waals surface area contributed by atoms with Crippen LogP contribution in [0, 0.1) is 0 Å². The Morgan fingerprint density at radius 3 is 2.00 bits per heavy atom. The number of ether oxygens (including phenoxy) is 2. The summed E-state index contributed by atoms with van der Waals surface area (Å²) in [7, 11) is -3.02. The largest absolute Gasteiger partial charge is 0.457 e. The lowest BCUT2D eigenvalue weighted by molar-refractivity contribution is -0.215. The molecule has 40 heavy (non-hydrogen) atoms. The van der Waals surface area contributed by atoms with Gasteiger partial charge in [0.05, 0.1) is 17.7 Å². The molecule has 5 atom stereocenters. The van der Waals surface area contributed by atoms with E-state index in [0.29, 0.717) is 11.1 Å². The maximum Gasteiger partial charge on any atom is 0.349 e. The molecule has 0 unspecified atom stereocenters. The molecule has 0 saturated carbocycles. The van der Waals surface area contributed by atoms with Gasteiger partial charge in [0.25, 0.3) is 11.8 Å². The zero-order valence-corrected chi connectivity index (χ0v) is 25.8. The summed E-state index contributed by atoms with van der Waals surface area (Å²) in [5.74, 6) is -1.40. The Balaban J connectivity index is 1.62. The zero-order valence-electron chi connectivity index (χ0n) is 24.0. The number of benzene rings is 2. The highest BCUT2D eigenvalue weighted by atomic mass is 32.2. The maximum absolute atomic E-state index is 13.8. The number of carbonyl (C=O) groups excluding carboxylic acids is 3. The Morgan fingerprint density at radius 1 is 0.925 bits per heavy atom. The summed E-state index contributed by atoms with van der Waals surface area (Å²) in [5.41, 5.74) is -0.0952. The number of thioether (sulfide) groups is 1. The fourth-order valence-electron chi connectivity index (χ4n) is 6.31. The molecule has 0 aromatic heterocycles. The number of amides is 2. The van der Waals surface area contributed by atoms with Crippen molar-refractivity contribution in [1.82, 2.24) is 4.90 Å². The van der Waals surface area contributed by atoms with Crippen molar-refractivity contribution in [3.8, 4) is 0 Å². The first kappa shape index (κ1) is 29.0. The molecule has 2 aromatic rings. The number of carbonyl (C=O) groups is 3. The predicted octanol–water partition coefficient (Wildman–Crippen LogP) is 5.56. The van der Waals surface area contributed by atoms with Crippen LogP contribution in [0.4, 0.5) is 0 Å². The fraction of sp³-hybridized carbons (Fsp3) is 0.500. The van der Waals surface area contributed by atoms with Crippen molar-refractivity contribution >= 4 is 38.1 Å². The van der Waals surface area contributed by atoms with E-state index < -0.39 is 56.1 Å². The van der Waals surface area contributed by atoms with E-state index in [-0.39, 0.29) is 16.7 Å². The molecule has 2 saturated heterocycles. The Bertz CT molecular complexity index is 1260. The molecule has 0 bridgehead atoms. The van der Waals surface area contributed by atoms with Gasteiger partial charge in [0.1, 0.15) is 23.7 Å². The highest BCUT2D eigenvalue weighted by Gasteiger charge is 2.66. The molecule has 8 nitrogen and oxygen atoms in total. The van der Waals surface area contributed by atoms with Crippen molar-refractivity contribution in [3.63, 3.8) is 0 Å². The number of hydrogen-bond donors (Lipinski definition) is 0. The number of fused-ring (bicyclic) bond motifs is 2. The van der Waals surface area contributed by atoms with Crippen LogP contribution in [0.3, 0.4) is 0 Å². The van der Waals surface area contributed by atoms with Crippen molar-refractivity contribution in [3.05, 3.63) is 65.7 Å². The van der Waals surface area contributed by atoms with Gasteiger partial charge in [-0.25, -0.2) is 0 Å². The van der Waals surface area contributed by atoms with Gasteiger partial charge in [-0.05, 0) is 24.3 Å². The maximum atomic E-state index is 13.8. The first-order valence-electron chi connectivity index (χ1n) is 13.6. The van der Waals surface area contributed by atoms with Gasteiger partial charge < -0.3 is 18.3 Å². The average molecular weight is 584 g/mol. The van der Waals surface area contributed by atoms with Crippen molar-refractivity contribution in [2.45, 2.75) is 93.2 Å². The minimum atomic E-state index is -3.02. The van der Waals surface area contributed by atoms with E-state index in [4.69, 9.17) is 18.3 Å². The minimum Gasteiger partial charge on any atom is -0.457 e. The van der Waals surface area contributed by atoms with E-state index in [0.717, 1.165) is 4.90 Å². The lowest BCUT2D eigenvalue weighted by Crippen LogP contribution is -2.73. The number of rotatable bonds is 4. The Kier molecular flexibility index (Phi) is 7.54. The van der Waals surface area contributed by atoms with Gasteiger partial charge in [0, 0.05) is 21.9 Å². The summed E-state index contributed by atoms with van der Waals surface area (Å²) < 4.78 is 26.4. The number of nitrogens with zero attached hydrogens (tertiary/aromatic N) is 1. The van der Waals surface area contributed by atoms with Gasteiger partial charge in [0.2, 0.25) is 0 Å². The minimum absolute atomic E-state index is 0.254. The van der Waals surface area contributed by atoms with Crippen LogP contribution in [0.2, 0.25) is 10.1 Å². The second kappa shape index (κ2) is 10.4. The van der Waals surface area contributed by atoms with Gasteiger partial charge in [-0.3, -0.25) is 19.3 Å². The van der Waals surface area contributed by atoms with Crippen molar-refractivity contribution < 1.29 is 32.7 Å². The molecular weight excluding hydrogens is 546 g/mol. The average Bonchev–Trinajstić information content (AvgIpc) is 3.13. The van der Waals surface area contributed by atoms with E-state index in [9.17, 15) is 14.4 Å². The van der Waals surface area contributed by atoms with Crippen LogP contribution in [0.1, 0.15) is 69.2 Å². The summed E-state index contributed by atoms with van der Waals surface area (Å²) in [4.78, 5) is 42.3. The van der Waals surface area contributed by atoms with E-state index in [1.165, 1.54) is 23.6 Å². The van der Waals surface area contributed by atoms with Crippen LogP contribution in [-0.4, -0.2) is 67.6 Å². The highest BCUT2D eigenvalue weighted by Crippen LogP contribution is 2.56. The second-order valence-electron chi connectivity index (χ2n) is 12.6. The smallest absolute Gasteiger partial charge is 0.349 e. The van der Waals surface area contributed by atoms with E-state index in [1.54, 1.807) is 24.3 Å². The van der Waals surface area contributed by atoms with Crippen LogP contribution >= 0.6 is 11.8 Å². The number of hydrogen-bond acceptors (Lipinski definition) is 8. The zero-order chi connectivity index (χ0) is 29.0. The summed E-state index contributed by atoms with van der Waals surface area (Å²) >= 11 is 1.38. The highest BCUT2D eigenvalue weighted by molar-refractivity contribution is 7.99. The van der Waals surface area contributed by atoms with Gasteiger partial charge in [-0.2, -0.15) is 0 Å². The molecule has 3 aliphatic heterocycles. The molecule has 0 aliphatic carbocycles. The Hall–Kier alpha value is -2.50. The molecule has 3 aliphatic rings. The Labute approximate surface area is 240 Å². The molecule has 2 fully saturated rings. The summed E-state index contributed by atoms with van der Waals surface area (Å²) in [6, 6.07) is 15.4. The summed E-state index contributed by atoms with van der Waals surface area (Å²) in [5, 5.41) is -0.671. The summed E-state index contributed by atoms with van der Waals surface area (Å²) in [6.45, 7) is 14.2. The molecule has 214 valence electrons. The van der Waals surface area contributed by atoms with Crippen molar-refractivity contribution in [2.75, 3.05) is 6.61 Å². The standard InChI is InChI=1S/C30H37NO7SSi/c1-18(32)36-25-23(31-26(33)20-15-11-12-16-21(20)27(31)34)28(39-19-13-9-8-10-14-19)37-22-17-35-40(29(2,3)4,30(5,6)7)38-24(22)25/h8-16,22-25,28H,17H2,1-7H3/t22-,23-,24+,25-,28+/m1/s1. The second-order valence-corrected chi connectivity index (χ2v) is 18.5. The van der Waals surface area contributed by atoms with E-state index in [2.05, 4.69) is 41.5 Å². The van der Waals surface area contributed by atoms with Gasteiger partial charge in [-0.1, -0.05) is 83.6 Å². The quantitative estimate of drug-likeness (QED) is 0.263. The molecule has 5 rings (SSSR count). The lowest BCUT2D eigenvalue weighted by Gasteiger charge is -2.58.